The third-order valence-electron chi connectivity index (χ3n) is 5.71. The van der Waals surface area contributed by atoms with Gasteiger partial charge in [-0.1, -0.05) is 23.7 Å². The number of morpholine rings is 1. The number of aliphatic hydroxyl groups excluding tert-OH is 1. The predicted molar refractivity (Wildman–Crippen MR) is 124 cm³/mol. The molecule has 0 amide bonds. The van der Waals surface area contributed by atoms with Crippen molar-refractivity contribution < 1.29 is 14.2 Å². The molecule has 9 heteroatoms. The number of fused-ring (bicyclic) bond motifs is 3. The standard InChI is InChI=1S/C23H22ClFN4O2.ClH/c24-15-5-6-20-17(11-15)23(16-3-1-2-4-18(16)25)26-12-22-27-19(14-30)21(29(20)22)13-28-7-9-31-10-8-28;/h1-6,11,30H,7-10,12-14H2;1H. The highest BCUT2D eigenvalue weighted by Gasteiger charge is 2.27. The highest BCUT2D eigenvalue weighted by molar-refractivity contribution is 6.31. The van der Waals surface area contributed by atoms with Gasteiger partial charge in [-0.2, -0.15) is 0 Å². The van der Waals surface area contributed by atoms with E-state index in [1.165, 1.54) is 6.07 Å². The van der Waals surface area contributed by atoms with E-state index in [9.17, 15) is 9.50 Å². The van der Waals surface area contributed by atoms with Crippen molar-refractivity contribution in [2.24, 2.45) is 4.99 Å². The summed E-state index contributed by atoms with van der Waals surface area (Å²) in [4.78, 5) is 11.7. The first kappa shape index (κ1) is 22.9. The van der Waals surface area contributed by atoms with Crippen molar-refractivity contribution in [3.05, 3.63) is 81.6 Å². The number of ether oxygens (including phenoxy) is 1. The third-order valence-corrected chi connectivity index (χ3v) is 5.95. The monoisotopic (exact) mass is 476 g/mol. The summed E-state index contributed by atoms with van der Waals surface area (Å²) in [6.07, 6.45) is 0. The third kappa shape index (κ3) is 4.19. The molecule has 6 nitrogen and oxygen atoms in total. The molecule has 0 saturated carbocycles. The van der Waals surface area contributed by atoms with Crippen LogP contribution >= 0.6 is 24.0 Å². The van der Waals surface area contributed by atoms with Gasteiger partial charge in [-0.25, -0.2) is 9.37 Å². The lowest BCUT2D eigenvalue weighted by Gasteiger charge is -2.27. The van der Waals surface area contributed by atoms with Crippen LogP contribution in [0.3, 0.4) is 0 Å². The first-order chi connectivity index (χ1) is 15.2. The van der Waals surface area contributed by atoms with E-state index < -0.39 is 0 Å². The van der Waals surface area contributed by atoms with Gasteiger partial charge in [0.15, 0.2) is 0 Å². The SMILES string of the molecule is Cl.OCc1nc2n(c1CN1CCOCC1)-c1ccc(Cl)cc1C(c1ccccc1F)=NC2. The fraction of sp³-hybridized carbons (Fsp3) is 0.304. The number of benzene rings is 2. The highest BCUT2D eigenvalue weighted by Crippen LogP contribution is 2.31. The molecule has 5 rings (SSSR count). The molecule has 2 aliphatic rings. The zero-order valence-electron chi connectivity index (χ0n) is 17.3. The average molecular weight is 477 g/mol. The van der Waals surface area contributed by atoms with Crippen LogP contribution in [-0.2, 0) is 24.4 Å². The number of aliphatic imine (C=N–C) groups is 1. The molecule has 0 aliphatic carbocycles. The van der Waals surface area contributed by atoms with Crippen molar-refractivity contribution >= 4 is 29.7 Å². The van der Waals surface area contributed by atoms with Gasteiger partial charge < -0.3 is 9.84 Å². The Morgan fingerprint density at radius 2 is 1.88 bits per heavy atom. The van der Waals surface area contributed by atoms with Crippen molar-refractivity contribution in [2.75, 3.05) is 26.3 Å². The molecule has 2 aromatic carbocycles. The number of rotatable bonds is 4. The first-order valence-corrected chi connectivity index (χ1v) is 10.6. The van der Waals surface area contributed by atoms with Gasteiger partial charge in [-0.15, -0.1) is 12.4 Å². The molecule has 0 spiro atoms. The van der Waals surface area contributed by atoms with Crippen LogP contribution in [0.1, 0.15) is 28.3 Å². The second kappa shape index (κ2) is 9.68. The number of aliphatic hydroxyl groups is 1. The van der Waals surface area contributed by atoms with Crippen LogP contribution in [0, 0.1) is 5.82 Å². The van der Waals surface area contributed by atoms with Crippen LogP contribution < -0.4 is 0 Å². The minimum atomic E-state index is -0.337. The predicted octanol–water partition coefficient (Wildman–Crippen LogP) is 3.76. The molecule has 0 atom stereocenters. The quantitative estimate of drug-likeness (QED) is 0.622. The fourth-order valence-corrected chi connectivity index (χ4v) is 4.39. The molecule has 168 valence electrons. The number of aromatic nitrogens is 2. The van der Waals surface area contributed by atoms with Gasteiger partial charge in [0.2, 0.25) is 0 Å². The Morgan fingerprint density at radius 3 is 2.62 bits per heavy atom. The van der Waals surface area contributed by atoms with Crippen molar-refractivity contribution in [3.63, 3.8) is 0 Å². The second-order valence-electron chi connectivity index (χ2n) is 7.61. The van der Waals surface area contributed by atoms with E-state index in [1.807, 2.05) is 22.8 Å². The lowest BCUT2D eigenvalue weighted by atomic mass is 10.00. The summed E-state index contributed by atoms with van der Waals surface area (Å²) in [5.74, 6) is 0.374. The Morgan fingerprint density at radius 1 is 1.09 bits per heavy atom. The average Bonchev–Trinajstić information content (AvgIpc) is 3.04. The van der Waals surface area contributed by atoms with E-state index in [1.54, 1.807) is 18.2 Å². The summed E-state index contributed by atoms with van der Waals surface area (Å²) in [7, 11) is 0. The van der Waals surface area contributed by atoms with Gasteiger partial charge in [0, 0.05) is 35.8 Å². The van der Waals surface area contributed by atoms with E-state index in [4.69, 9.17) is 21.3 Å². The Hall–Kier alpha value is -2.29. The smallest absolute Gasteiger partial charge is 0.135 e. The van der Waals surface area contributed by atoms with Crippen molar-refractivity contribution in [1.29, 1.82) is 0 Å². The van der Waals surface area contributed by atoms with Gasteiger partial charge in [0.1, 0.15) is 11.6 Å². The Bertz CT molecular complexity index is 1160. The molecule has 0 bridgehead atoms. The number of hydrogen-bond acceptors (Lipinski definition) is 5. The molecule has 3 aromatic rings. The Balaban J connectivity index is 0.00000245. The minimum Gasteiger partial charge on any atom is -0.390 e. The summed E-state index contributed by atoms with van der Waals surface area (Å²) < 4.78 is 22.2. The molecule has 1 fully saturated rings. The van der Waals surface area contributed by atoms with E-state index >= 15 is 0 Å². The van der Waals surface area contributed by atoms with Gasteiger partial charge in [0.05, 0.1) is 49.2 Å². The first-order valence-electron chi connectivity index (χ1n) is 10.3. The van der Waals surface area contributed by atoms with E-state index in [2.05, 4.69) is 9.88 Å². The number of halogens is 3. The number of imidazole rings is 1. The number of nitrogens with zero attached hydrogens (tertiary/aromatic N) is 4. The maximum absolute atomic E-state index is 14.7. The molecule has 0 radical (unpaired) electrons. The molecule has 1 N–H and O–H groups in total. The lowest BCUT2D eigenvalue weighted by molar-refractivity contribution is 0.0331. The molecule has 1 saturated heterocycles. The van der Waals surface area contributed by atoms with Crippen LogP contribution in [0.15, 0.2) is 47.5 Å². The summed E-state index contributed by atoms with van der Waals surface area (Å²) in [5.41, 5.74) is 4.08. The van der Waals surface area contributed by atoms with Crippen molar-refractivity contribution in [1.82, 2.24) is 14.5 Å². The molecule has 0 unspecified atom stereocenters. The lowest BCUT2D eigenvalue weighted by Crippen LogP contribution is -2.36. The van der Waals surface area contributed by atoms with Gasteiger partial charge in [-0.05, 0) is 30.3 Å². The largest absolute Gasteiger partial charge is 0.390 e. The maximum atomic E-state index is 14.7. The molecule has 3 heterocycles. The van der Waals surface area contributed by atoms with Crippen LogP contribution in [-0.4, -0.2) is 51.6 Å². The van der Waals surface area contributed by atoms with Crippen LogP contribution in [0.2, 0.25) is 5.02 Å². The number of hydrogen-bond donors (Lipinski definition) is 1. The summed E-state index contributed by atoms with van der Waals surface area (Å²) >= 11 is 6.34. The summed E-state index contributed by atoms with van der Waals surface area (Å²) in [6, 6.07) is 12.1. The van der Waals surface area contributed by atoms with Crippen molar-refractivity contribution in [3.8, 4) is 5.69 Å². The topological polar surface area (TPSA) is 62.9 Å². The zero-order chi connectivity index (χ0) is 21.4. The Labute approximate surface area is 196 Å². The highest BCUT2D eigenvalue weighted by atomic mass is 35.5. The Kier molecular flexibility index (Phi) is 6.93. The maximum Gasteiger partial charge on any atom is 0.135 e. The fourth-order valence-electron chi connectivity index (χ4n) is 4.22. The summed E-state index contributed by atoms with van der Waals surface area (Å²) in [6.45, 7) is 3.73. The molecular formula is C23H23Cl2FN4O2. The van der Waals surface area contributed by atoms with Gasteiger partial charge in [-0.3, -0.25) is 14.5 Å². The van der Waals surface area contributed by atoms with Crippen LogP contribution in [0.25, 0.3) is 5.69 Å². The van der Waals surface area contributed by atoms with E-state index in [0.29, 0.717) is 47.6 Å². The van der Waals surface area contributed by atoms with Crippen LogP contribution in [0.5, 0.6) is 0 Å². The molecule has 1 aromatic heterocycles. The van der Waals surface area contributed by atoms with Crippen molar-refractivity contribution in [2.45, 2.75) is 19.7 Å². The van der Waals surface area contributed by atoms with Gasteiger partial charge >= 0.3 is 0 Å². The normalized spacial score (nSPS) is 15.9. The second-order valence-corrected chi connectivity index (χ2v) is 8.05. The molecule has 32 heavy (non-hydrogen) atoms. The molecule has 2 aliphatic heterocycles. The van der Waals surface area contributed by atoms with Crippen LogP contribution in [0.4, 0.5) is 4.39 Å². The van der Waals surface area contributed by atoms with E-state index in [0.717, 1.165) is 30.0 Å². The zero-order valence-corrected chi connectivity index (χ0v) is 18.9. The van der Waals surface area contributed by atoms with E-state index in [-0.39, 0.29) is 31.4 Å². The molecular weight excluding hydrogens is 454 g/mol. The van der Waals surface area contributed by atoms with Gasteiger partial charge in [0.25, 0.3) is 0 Å². The minimum absolute atomic E-state index is 0. The summed E-state index contributed by atoms with van der Waals surface area (Å²) in [5, 5.41) is 10.5.